The Hall–Kier alpha value is -3.48. The molecule has 0 fully saturated rings. The monoisotopic (exact) mass is 336 g/mol. The molecular formula is C18H16N4O3. The molecule has 0 amide bonds. The van der Waals surface area contributed by atoms with Gasteiger partial charge in [0.15, 0.2) is 11.5 Å². The average molecular weight is 336 g/mol. The Morgan fingerprint density at radius 2 is 1.64 bits per heavy atom. The van der Waals surface area contributed by atoms with Crippen LogP contribution in [0.5, 0.6) is 17.2 Å². The molecule has 126 valence electrons. The maximum atomic E-state index is 5.38. The highest BCUT2D eigenvalue weighted by Crippen LogP contribution is 2.35. The van der Waals surface area contributed by atoms with Gasteiger partial charge < -0.3 is 24.8 Å². The highest BCUT2D eigenvalue weighted by atomic mass is 16.7. The van der Waals surface area contributed by atoms with Gasteiger partial charge in [-0.15, -0.1) is 0 Å². The second kappa shape index (κ2) is 6.56. The van der Waals surface area contributed by atoms with Gasteiger partial charge in [-0.2, -0.15) is 0 Å². The van der Waals surface area contributed by atoms with E-state index in [0.717, 1.165) is 22.9 Å². The SMILES string of the molecule is COc1cccc(Nc2cc(Nc3ccc4c(c3)OCO4)ncn2)c1. The van der Waals surface area contributed by atoms with Crippen molar-refractivity contribution in [3.05, 3.63) is 54.9 Å². The zero-order valence-electron chi connectivity index (χ0n) is 13.5. The number of ether oxygens (including phenoxy) is 3. The minimum absolute atomic E-state index is 0.251. The molecule has 7 nitrogen and oxygen atoms in total. The van der Waals surface area contributed by atoms with Crippen LogP contribution in [-0.4, -0.2) is 23.9 Å². The van der Waals surface area contributed by atoms with Crippen LogP contribution in [0.25, 0.3) is 0 Å². The van der Waals surface area contributed by atoms with Crippen LogP contribution in [0, 0.1) is 0 Å². The number of fused-ring (bicyclic) bond motifs is 1. The molecule has 0 unspecified atom stereocenters. The van der Waals surface area contributed by atoms with Crippen LogP contribution in [-0.2, 0) is 0 Å². The number of nitrogens with zero attached hydrogens (tertiary/aromatic N) is 2. The van der Waals surface area contributed by atoms with Crippen molar-refractivity contribution in [2.24, 2.45) is 0 Å². The van der Waals surface area contributed by atoms with Crippen LogP contribution in [0.3, 0.4) is 0 Å². The molecule has 0 bridgehead atoms. The lowest BCUT2D eigenvalue weighted by Gasteiger charge is -2.10. The van der Waals surface area contributed by atoms with Gasteiger partial charge in [-0.3, -0.25) is 0 Å². The topological polar surface area (TPSA) is 77.5 Å². The molecule has 0 saturated carbocycles. The van der Waals surface area contributed by atoms with Crippen LogP contribution in [0.1, 0.15) is 0 Å². The third-order valence-corrected chi connectivity index (χ3v) is 3.65. The molecule has 7 heteroatoms. The summed E-state index contributed by atoms with van der Waals surface area (Å²) in [5, 5.41) is 6.46. The van der Waals surface area contributed by atoms with Gasteiger partial charge in [-0.1, -0.05) is 6.07 Å². The van der Waals surface area contributed by atoms with Crippen LogP contribution in [0.15, 0.2) is 54.9 Å². The van der Waals surface area contributed by atoms with E-state index >= 15 is 0 Å². The van der Waals surface area contributed by atoms with E-state index in [1.165, 1.54) is 6.33 Å². The predicted molar refractivity (Wildman–Crippen MR) is 94.2 cm³/mol. The Kier molecular flexibility index (Phi) is 3.96. The lowest BCUT2D eigenvalue weighted by Crippen LogP contribution is -1.98. The zero-order chi connectivity index (χ0) is 17.1. The molecule has 0 aliphatic carbocycles. The van der Waals surface area contributed by atoms with Gasteiger partial charge in [0.1, 0.15) is 23.7 Å². The summed E-state index contributed by atoms with van der Waals surface area (Å²) in [4.78, 5) is 8.49. The second-order valence-corrected chi connectivity index (χ2v) is 5.34. The zero-order valence-corrected chi connectivity index (χ0v) is 13.5. The van der Waals surface area contributed by atoms with E-state index in [1.807, 2.05) is 48.5 Å². The fourth-order valence-electron chi connectivity index (χ4n) is 2.46. The van der Waals surface area contributed by atoms with Gasteiger partial charge in [0.2, 0.25) is 6.79 Å². The Balaban J connectivity index is 1.51. The van der Waals surface area contributed by atoms with Crippen LogP contribution in [0.4, 0.5) is 23.0 Å². The third-order valence-electron chi connectivity index (χ3n) is 3.65. The number of hydrogen-bond acceptors (Lipinski definition) is 7. The first-order valence-electron chi connectivity index (χ1n) is 7.70. The Bertz CT molecular complexity index is 901. The molecule has 4 rings (SSSR count). The minimum atomic E-state index is 0.251. The Labute approximate surface area is 144 Å². The Morgan fingerprint density at radius 3 is 2.44 bits per heavy atom. The smallest absolute Gasteiger partial charge is 0.231 e. The number of methoxy groups -OCH3 is 1. The summed E-state index contributed by atoms with van der Waals surface area (Å²) >= 11 is 0. The minimum Gasteiger partial charge on any atom is -0.497 e. The van der Waals surface area contributed by atoms with Crippen molar-refractivity contribution in [1.82, 2.24) is 9.97 Å². The third kappa shape index (κ3) is 3.40. The van der Waals surface area contributed by atoms with E-state index in [9.17, 15) is 0 Å². The van der Waals surface area contributed by atoms with Crippen molar-refractivity contribution >= 4 is 23.0 Å². The van der Waals surface area contributed by atoms with Crippen molar-refractivity contribution in [3.8, 4) is 17.2 Å². The molecule has 1 aliphatic heterocycles. The van der Waals surface area contributed by atoms with Crippen LogP contribution in [0.2, 0.25) is 0 Å². The van der Waals surface area contributed by atoms with Gasteiger partial charge in [0, 0.05) is 29.6 Å². The molecule has 1 aromatic heterocycles. The summed E-state index contributed by atoms with van der Waals surface area (Å²) in [7, 11) is 1.64. The van der Waals surface area contributed by atoms with E-state index in [4.69, 9.17) is 14.2 Å². The molecule has 0 saturated heterocycles. The molecule has 2 heterocycles. The first-order chi connectivity index (χ1) is 12.3. The maximum absolute atomic E-state index is 5.38. The van der Waals surface area contributed by atoms with E-state index in [0.29, 0.717) is 17.4 Å². The van der Waals surface area contributed by atoms with Gasteiger partial charge in [0.05, 0.1) is 7.11 Å². The van der Waals surface area contributed by atoms with E-state index in [2.05, 4.69) is 20.6 Å². The number of anilines is 4. The van der Waals surface area contributed by atoms with E-state index in [-0.39, 0.29) is 6.79 Å². The summed E-state index contributed by atoms with van der Waals surface area (Å²) in [6.45, 7) is 0.251. The first kappa shape index (κ1) is 15.1. The van der Waals surface area contributed by atoms with Crippen molar-refractivity contribution < 1.29 is 14.2 Å². The lowest BCUT2D eigenvalue weighted by atomic mass is 10.2. The molecular weight excluding hydrogens is 320 g/mol. The summed E-state index contributed by atoms with van der Waals surface area (Å²) in [5.41, 5.74) is 1.74. The number of hydrogen-bond donors (Lipinski definition) is 2. The average Bonchev–Trinajstić information content (AvgIpc) is 3.10. The number of aromatic nitrogens is 2. The van der Waals surface area contributed by atoms with Gasteiger partial charge in [-0.25, -0.2) is 9.97 Å². The highest BCUT2D eigenvalue weighted by Gasteiger charge is 2.13. The largest absolute Gasteiger partial charge is 0.497 e. The van der Waals surface area contributed by atoms with Crippen molar-refractivity contribution in [2.45, 2.75) is 0 Å². The summed E-state index contributed by atoms with van der Waals surface area (Å²) in [6, 6.07) is 15.1. The molecule has 0 radical (unpaired) electrons. The fraction of sp³-hybridized carbons (Fsp3) is 0.111. The lowest BCUT2D eigenvalue weighted by molar-refractivity contribution is 0.174. The fourth-order valence-corrected chi connectivity index (χ4v) is 2.46. The molecule has 3 aromatic rings. The standard InChI is InChI=1S/C18H16N4O3/c1-23-14-4-2-3-12(7-14)21-17-9-18(20-10-19-17)22-13-5-6-15-16(8-13)25-11-24-15/h2-10H,11H2,1H3,(H2,19,20,21,22). The molecule has 2 aromatic carbocycles. The predicted octanol–water partition coefficient (Wildman–Crippen LogP) is 3.70. The molecule has 1 aliphatic rings. The van der Waals surface area contributed by atoms with E-state index in [1.54, 1.807) is 7.11 Å². The summed E-state index contributed by atoms with van der Waals surface area (Å²) in [5.74, 6) is 3.57. The van der Waals surface area contributed by atoms with Gasteiger partial charge in [0.25, 0.3) is 0 Å². The molecule has 2 N–H and O–H groups in total. The van der Waals surface area contributed by atoms with Crippen molar-refractivity contribution in [2.75, 3.05) is 24.5 Å². The van der Waals surface area contributed by atoms with Crippen molar-refractivity contribution in [1.29, 1.82) is 0 Å². The number of rotatable bonds is 5. The van der Waals surface area contributed by atoms with Gasteiger partial charge in [-0.05, 0) is 24.3 Å². The van der Waals surface area contributed by atoms with Crippen LogP contribution < -0.4 is 24.8 Å². The highest BCUT2D eigenvalue weighted by molar-refractivity contribution is 5.65. The maximum Gasteiger partial charge on any atom is 0.231 e. The number of benzene rings is 2. The molecule has 25 heavy (non-hydrogen) atoms. The molecule has 0 spiro atoms. The second-order valence-electron chi connectivity index (χ2n) is 5.34. The van der Waals surface area contributed by atoms with E-state index < -0.39 is 0 Å². The summed E-state index contributed by atoms with van der Waals surface area (Å²) in [6.07, 6.45) is 1.50. The van der Waals surface area contributed by atoms with Crippen molar-refractivity contribution in [3.63, 3.8) is 0 Å². The van der Waals surface area contributed by atoms with Crippen LogP contribution >= 0.6 is 0 Å². The first-order valence-corrected chi connectivity index (χ1v) is 7.70. The Morgan fingerprint density at radius 1 is 0.880 bits per heavy atom. The normalized spacial score (nSPS) is 11.9. The number of nitrogens with one attached hydrogen (secondary N) is 2. The quantitative estimate of drug-likeness (QED) is 0.735. The summed E-state index contributed by atoms with van der Waals surface area (Å²) < 4.78 is 15.9. The molecule has 0 atom stereocenters. The van der Waals surface area contributed by atoms with Gasteiger partial charge >= 0.3 is 0 Å².